The number of carbonyl (C=O) groups excluding carboxylic acids is 1. The molecule has 1 saturated carbocycles. The highest BCUT2D eigenvalue weighted by Gasteiger charge is 2.44. The zero-order valence-corrected chi connectivity index (χ0v) is 11.8. The largest absolute Gasteiger partial charge is 0.332 e. The van der Waals surface area contributed by atoms with Gasteiger partial charge in [-0.05, 0) is 45.7 Å². The van der Waals surface area contributed by atoms with Crippen LogP contribution in [0.1, 0.15) is 43.2 Å². The molecule has 18 heavy (non-hydrogen) atoms. The third kappa shape index (κ3) is 2.09. The predicted octanol–water partition coefficient (Wildman–Crippen LogP) is 2.11. The van der Waals surface area contributed by atoms with Crippen LogP contribution in [0.15, 0.2) is 12.4 Å². The van der Waals surface area contributed by atoms with Gasteiger partial charge in [-0.15, -0.1) is 0 Å². The number of aromatic nitrogens is 2. The predicted molar refractivity (Wildman–Crippen MR) is 71.6 cm³/mol. The summed E-state index contributed by atoms with van der Waals surface area (Å²) in [6, 6.07) is 0. The zero-order valence-electron chi connectivity index (χ0n) is 11.8. The van der Waals surface area contributed by atoms with Gasteiger partial charge >= 0.3 is 0 Å². The fourth-order valence-corrected chi connectivity index (χ4v) is 2.91. The average molecular weight is 249 g/mol. The molecule has 2 rings (SSSR count). The quantitative estimate of drug-likeness (QED) is 0.770. The number of imidazole rings is 1. The molecule has 0 aliphatic heterocycles. The fraction of sp³-hybridized carbons (Fsp3) is 0.714. The number of hydrogen-bond acceptors (Lipinski definition) is 3. The lowest BCUT2D eigenvalue weighted by molar-refractivity contribution is 0.0499. The van der Waals surface area contributed by atoms with Gasteiger partial charge in [0.05, 0.1) is 5.54 Å². The van der Waals surface area contributed by atoms with E-state index in [9.17, 15) is 4.79 Å². The second-order valence-electron chi connectivity index (χ2n) is 5.80. The molecule has 0 atom stereocenters. The molecule has 0 aromatic carbocycles. The van der Waals surface area contributed by atoms with Gasteiger partial charge in [-0.1, -0.05) is 6.92 Å². The van der Waals surface area contributed by atoms with Crippen molar-refractivity contribution in [2.24, 2.45) is 13.0 Å². The molecule has 0 saturated heterocycles. The third-order valence-corrected chi connectivity index (χ3v) is 4.40. The Bertz CT molecular complexity index is 428. The van der Waals surface area contributed by atoms with Crippen LogP contribution in [0.4, 0.5) is 0 Å². The van der Waals surface area contributed by atoms with Crippen LogP contribution in [0.2, 0.25) is 0 Å². The van der Waals surface area contributed by atoms with Crippen molar-refractivity contribution in [1.29, 1.82) is 0 Å². The minimum Gasteiger partial charge on any atom is -0.332 e. The smallest absolute Gasteiger partial charge is 0.218 e. The van der Waals surface area contributed by atoms with Crippen molar-refractivity contribution in [1.82, 2.24) is 14.5 Å². The van der Waals surface area contributed by atoms with Crippen LogP contribution < -0.4 is 0 Å². The highest BCUT2D eigenvalue weighted by Crippen LogP contribution is 2.37. The monoisotopic (exact) mass is 249 g/mol. The summed E-state index contributed by atoms with van der Waals surface area (Å²) in [4.78, 5) is 19.1. The summed E-state index contributed by atoms with van der Waals surface area (Å²) in [5.41, 5.74) is -0.356. The Labute approximate surface area is 109 Å². The Morgan fingerprint density at radius 3 is 2.50 bits per heavy atom. The van der Waals surface area contributed by atoms with E-state index in [1.165, 1.54) is 0 Å². The maximum atomic E-state index is 12.8. The van der Waals surface area contributed by atoms with Crippen molar-refractivity contribution in [2.75, 3.05) is 14.1 Å². The molecule has 0 N–H and O–H groups in total. The molecule has 1 aromatic rings. The lowest BCUT2D eigenvalue weighted by atomic mass is 9.73. The molecule has 0 bridgehead atoms. The van der Waals surface area contributed by atoms with Crippen LogP contribution in [-0.4, -0.2) is 39.9 Å². The molecule has 4 heteroatoms. The Kier molecular flexibility index (Phi) is 3.57. The SMILES string of the molecule is CC1CCC(C(=O)c2nccn2C)(N(C)C)CC1. The van der Waals surface area contributed by atoms with Gasteiger partial charge in [0.1, 0.15) is 0 Å². The Morgan fingerprint density at radius 1 is 1.44 bits per heavy atom. The summed E-state index contributed by atoms with van der Waals surface area (Å²) < 4.78 is 1.83. The molecule has 1 aliphatic rings. The minimum absolute atomic E-state index is 0.173. The third-order valence-electron chi connectivity index (χ3n) is 4.40. The lowest BCUT2D eigenvalue weighted by Crippen LogP contribution is -2.53. The number of Topliss-reactive ketones (excluding diaryl/α,β-unsaturated/α-hetero) is 1. The van der Waals surface area contributed by atoms with Gasteiger partial charge < -0.3 is 4.57 Å². The van der Waals surface area contributed by atoms with Gasteiger partial charge in [-0.2, -0.15) is 0 Å². The molecule has 0 amide bonds. The molecule has 100 valence electrons. The van der Waals surface area contributed by atoms with Gasteiger partial charge in [0.2, 0.25) is 5.78 Å². The molecule has 1 heterocycles. The van der Waals surface area contributed by atoms with E-state index in [2.05, 4.69) is 16.8 Å². The van der Waals surface area contributed by atoms with Crippen LogP contribution >= 0.6 is 0 Å². The maximum Gasteiger partial charge on any atom is 0.218 e. The van der Waals surface area contributed by atoms with E-state index in [0.717, 1.165) is 31.6 Å². The van der Waals surface area contributed by atoms with Crippen LogP contribution in [-0.2, 0) is 7.05 Å². The zero-order chi connectivity index (χ0) is 13.3. The summed E-state index contributed by atoms with van der Waals surface area (Å²) in [7, 11) is 5.91. The van der Waals surface area contributed by atoms with Crippen molar-refractivity contribution in [2.45, 2.75) is 38.1 Å². The van der Waals surface area contributed by atoms with E-state index >= 15 is 0 Å². The lowest BCUT2D eigenvalue weighted by Gasteiger charge is -2.42. The molecule has 0 spiro atoms. The van der Waals surface area contributed by atoms with E-state index in [1.54, 1.807) is 6.20 Å². The Morgan fingerprint density at radius 2 is 2.06 bits per heavy atom. The van der Waals surface area contributed by atoms with Crippen molar-refractivity contribution >= 4 is 5.78 Å². The first-order valence-electron chi connectivity index (χ1n) is 6.67. The van der Waals surface area contributed by atoms with Crippen LogP contribution in [0.5, 0.6) is 0 Å². The number of nitrogens with zero attached hydrogens (tertiary/aromatic N) is 3. The molecule has 1 aliphatic carbocycles. The fourth-order valence-electron chi connectivity index (χ4n) is 2.91. The molecular weight excluding hydrogens is 226 g/mol. The Balaban J connectivity index is 2.31. The molecule has 1 fully saturated rings. The van der Waals surface area contributed by atoms with Gasteiger partial charge in [-0.3, -0.25) is 9.69 Å². The van der Waals surface area contributed by atoms with Gasteiger partial charge in [0.15, 0.2) is 5.82 Å². The van der Waals surface area contributed by atoms with Crippen molar-refractivity contribution in [3.8, 4) is 0 Å². The molecule has 0 radical (unpaired) electrons. The number of likely N-dealkylation sites (N-methyl/N-ethyl adjacent to an activating group) is 1. The van der Waals surface area contributed by atoms with Crippen molar-refractivity contribution in [3.63, 3.8) is 0 Å². The van der Waals surface area contributed by atoms with Crippen molar-refractivity contribution < 1.29 is 4.79 Å². The van der Waals surface area contributed by atoms with Crippen LogP contribution in [0, 0.1) is 5.92 Å². The summed E-state index contributed by atoms with van der Waals surface area (Å²) in [6.07, 6.45) is 7.65. The highest BCUT2D eigenvalue weighted by molar-refractivity contribution is 6.00. The second kappa shape index (κ2) is 4.84. The number of carbonyl (C=O) groups is 1. The summed E-state index contributed by atoms with van der Waals surface area (Å²) in [5, 5.41) is 0. The number of rotatable bonds is 3. The van der Waals surface area contributed by atoms with E-state index in [4.69, 9.17) is 0 Å². The topological polar surface area (TPSA) is 38.1 Å². The number of hydrogen-bond donors (Lipinski definition) is 0. The van der Waals surface area contributed by atoms with E-state index < -0.39 is 0 Å². The summed E-state index contributed by atoms with van der Waals surface area (Å²) >= 11 is 0. The summed E-state index contributed by atoms with van der Waals surface area (Å²) in [5.74, 6) is 1.48. The van der Waals surface area contributed by atoms with E-state index in [-0.39, 0.29) is 11.3 Å². The number of aryl methyl sites for hydroxylation is 1. The highest BCUT2D eigenvalue weighted by atomic mass is 16.1. The molecule has 4 nitrogen and oxygen atoms in total. The second-order valence-corrected chi connectivity index (χ2v) is 5.80. The number of ketones is 1. The summed E-state index contributed by atoms with van der Waals surface area (Å²) in [6.45, 7) is 2.27. The standard InChI is InChI=1S/C14H23N3O/c1-11-5-7-14(8-6-11,16(2)3)12(18)13-15-9-10-17(13)4/h9-11H,5-8H2,1-4H3. The van der Waals surface area contributed by atoms with Crippen molar-refractivity contribution in [3.05, 3.63) is 18.2 Å². The molecule has 1 aromatic heterocycles. The van der Waals surface area contributed by atoms with Crippen LogP contribution in [0.25, 0.3) is 0 Å². The van der Waals surface area contributed by atoms with E-state index in [0.29, 0.717) is 5.82 Å². The first-order valence-corrected chi connectivity index (χ1v) is 6.67. The maximum absolute atomic E-state index is 12.8. The normalized spacial score (nSPS) is 28.6. The van der Waals surface area contributed by atoms with Gasteiger partial charge in [0, 0.05) is 19.4 Å². The van der Waals surface area contributed by atoms with Crippen LogP contribution in [0.3, 0.4) is 0 Å². The van der Waals surface area contributed by atoms with Gasteiger partial charge in [-0.25, -0.2) is 4.98 Å². The van der Waals surface area contributed by atoms with Gasteiger partial charge in [0.25, 0.3) is 0 Å². The molecule has 0 unspecified atom stereocenters. The minimum atomic E-state index is -0.356. The Hall–Kier alpha value is -1.16. The average Bonchev–Trinajstić information content (AvgIpc) is 2.75. The molecular formula is C14H23N3O. The first-order chi connectivity index (χ1) is 8.47. The van der Waals surface area contributed by atoms with E-state index in [1.807, 2.05) is 31.9 Å². The first kappa shape index (κ1) is 13.3.